The predicted molar refractivity (Wildman–Crippen MR) is 107 cm³/mol. The second-order valence-electron chi connectivity index (χ2n) is 8.08. The van der Waals surface area contributed by atoms with Crippen molar-refractivity contribution in [1.29, 1.82) is 0 Å². The van der Waals surface area contributed by atoms with E-state index in [2.05, 4.69) is 15.5 Å². The van der Waals surface area contributed by atoms with Crippen molar-refractivity contribution in [3.63, 3.8) is 0 Å². The lowest BCUT2D eigenvalue weighted by molar-refractivity contribution is 0.0324. The van der Waals surface area contributed by atoms with Gasteiger partial charge in [0, 0.05) is 22.6 Å². The molecule has 1 saturated carbocycles. The number of phenolic OH excluding ortho intramolecular Hbond substituents is 1. The molecule has 0 radical (unpaired) electrons. The Labute approximate surface area is 168 Å². The van der Waals surface area contributed by atoms with Crippen LogP contribution in [-0.4, -0.2) is 38.7 Å². The number of aliphatic hydroxyl groups excluding tert-OH is 1. The maximum absolute atomic E-state index is 10.4. The second-order valence-corrected chi connectivity index (χ2v) is 8.52. The number of fused-ring (bicyclic) bond motifs is 4. The summed E-state index contributed by atoms with van der Waals surface area (Å²) in [5.41, 5.74) is 3.45. The number of benzene rings is 1. The van der Waals surface area contributed by atoms with Crippen LogP contribution >= 0.6 is 11.6 Å². The monoisotopic (exact) mass is 401 g/mol. The highest BCUT2D eigenvalue weighted by Gasteiger charge is 2.39. The Bertz CT molecular complexity index is 907. The molecule has 3 aliphatic rings. The molecule has 3 heterocycles. The Kier molecular flexibility index (Phi) is 4.65. The van der Waals surface area contributed by atoms with Crippen LogP contribution in [0, 0.1) is 0 Å². The normalized spacial score (nSPS) is 28.8. The molecule has 1 aromatic carbocycles. The van der Waals surface area contributed by atoms with E-state index < -0.39 is 0 Å². The lowest BCUT2D eigenvalue weighted by Gasteiger charge is -2.32. The fraction of sp³-hybridized carbons (Fsp3) is 0.524. The molecular weight excluding hydrogens is 378 g/mol. The van der Waals surface area contributed by atoms with Crippen molar-refractivity contribution in [3.8, 4) is 17.0 Å². The number of phenols is 1. The Morgan fingerprint density at radius 3 is 2.79 bits per heavy atom. The number of aromatic hydroxyl groups is 1. The third-order valence-electron chi connectivity index (χ3n) is 6.24. The summed E-state index contributed by atoms with van der Waals surface area (Å²) < 4.78 is 6.17. The van der Waals surface area contributed by atoms with Crippen LogP contribution in [-0.2, 0) is 11.2 Å². The second kappa shape index (κ2) is 7.17. The molecule has 0 unspecified atom stereocenters. The van der Waals surface area contributed by atoms with Crippen molar-refractivity contribution in [3.05, 3.63) is 34.3 Å². The van der Waals surface area contributed by atoms with Crippen molar-refractivity contribution in [2.24, 2.45) is 0 Å². The van der Waals surface area contributed by atoms with E-state index in [9.17, 15) is 10.2 Å². The number of hydrogen-bond acceptors (Lipinski definition) is 6. The Morgan fingerprint density at radius 2 is 1.96 bits per heavy atom. The summed E-state index contributed by atoms with van der Waals surface area (Å²) in [6, 6.07) is 5.06. The lowest BCUT2D eigenvalue weighted by Crippen LogP contribution is -2.37. The molecule has 1 aromatic heterocycles. The van der Waals surface area contributed by atoms with Gasteiger partial charge in [0.25, 0.3) is 0 Å². The molecule has 6 nitrogen and oxygen atoms in total. The molecule has 1 aliphatic carbocycles. The van der Waals surface area contributed by atoms with E-state index in [1.165, 1.54) is 6.07 Å². The van der Waals surface area contributed by atoms with E-state index in [-0.39, 0.29) is 30.1 Å². The minimum Gasteiger partial charge on any atom is -0.507 e. The Balaban J connectivity index is 1.59. The van der Waals surface area contributed by atoms with Crippen LogP contribution in [0.1, 0.15) is 55.8 Å². The lowest BCUT2D eigenvalue weighted by atomic mass is 9.91. The molecule has 2 aromatic rings. The molecule has 5 rings (SSSR count). The van der Waals surface area contributed by atoms with Gasteiger partial charge in [-0.05, 0) is 49.4 Å². The SMILES string of the molecule is Oc1cc(Cl)ccc1-c1nnc(N[C@@H]2CCCC[C@H]2O)c2c1C[C@@H]1CC[C@H]2O1. The van der Waals surface area contributed by atoms with Gasteiger partial charge in [-0.2, -0.15) is 0 Å². The van der Waals surface area contributed by atoms with Crippen LogP contribution in [0.2, 0.25) is 5.02 Å². The zero-order valence-electron chi connectivity index (χ0n) is 15.6. The van der Waals surface area contributed by atoms with Crippen LogP contribution in [0.4, 0.5) is 5.82 Å². The maximum atomic E-state index is 10.4. The predicted octanol–water partition coefficient (Wildman–Crippen LogP) is 3.99. The number of rotatable bonds is 3. The van der Waals surface area contributed by atoms with Gasteiger partial charge in [-0.3, -0.25) is 0 Å². The zero-order valence-corrected chi connectivity index (χ0v) is 16.3. The van der Waals surface area contributed by atoms with Crippen LogP contribution in [0.15, 0.2) is 18.2 Å². The number of aliphatic hydroxyl groups is 1. The van der Waals surface area contributed by atoms with E-state index in [0.717, 1.165) is 56.1 Å². The standard InChI is InChI=1S/C21H24ClN3O3/c22-11-5-7-13(17(27)9-11)20-14-10-12-6-8-18(28-12)19(14)21(25-24-20)23-15-3-1-2-4-16(15)26/h5,7,9,12,15-16,18,26-27H,1-4,6,8,10H2,(H,23,25)/t12-,15+,16+,18+/m0/s1. The smallest absolute Gasteiger partial charge is 0.155 e. The van der Waals surface area contributed by atoms with Crippen LogP contribution < -0.4 is 5.32 Å². The third-order valence-corrected chi connectivity index (χ3v) is 6.48. The fourth-order valence-electron chi connectivity index (χ4n) is 4.82. The highest BCUT2D eigenvalue weighted by atomic mass is 35.5. The van der Waals surface area contributed by atoms with Gasteiger partial charge < -0.3 is 20.3 Å². The quantitative estimate of drug-likeness (QED) is 0.720. The Morgan fingerprint density at radius 1 is 1.11 bits per heavy atom. The number of nitrogens with one attached hydrogen (secondary N) is 1. The summed E-state index contributed by atoms with van der Waals surface area (Å²) in [7, 11) is 0. The van der Waals surface area contributed by atoms with Gasteiger partial charge in [-0.25, -0.2) is 0 Å². The summed E-state index contributed by atoms with van der Waals surface area (Å²) >= 11 is 6.00. The van der Waals surface area contributed by atoms with Gasteiger partial charge >= 0.3 is 0 Å². The first-order valence-corrected chi connectivity index (χ1v) is 10.5. The number of hydrogen-bond donors (Lipinski definition) is 3. The first-order chi connectivity index (χ1) is 13.6. The maximum Gasteiger partial charge on any atom is 0.155 e. The van der Waals surface area contributed by atoms with E-state index in [1.807, 2.05) is 0 Å². The average Bonchev–Trinajstić information content (AvgIpc) is 3.05. The van der Waals surface area contributed by atoms with Crippen molar-refractivity contribution < 1.29 is 14.9 Å². The summed E-state index contributed by atoms with van der Waals surface area (Å²) in [5.74, 6) is 0.815. The topological polar surface area (TPSA) is 87.5 Å². The van der Waals surface area contributed by atoms with Gasteiger partial charge in [-0.1, -0.05) is 24.4 Å². The van der Waals surface area contributed by atoms with E-state index >= 15 is 0 Å². The molecule has 0 amide bonds. The third kappa shape index (κ3) is 3.13. The van der Waals surface area contributed by atoms with Gasteiger partial charge in [0.2, 0.25) is 0 Å². The van der Waals surface area contributed by atoms with Crippen LogP contribution in [0.5, 0.6) is 5.75 Å². The van der Waals surface area contributed by atoms with Gasteiger partial charge in [0.05, 0.1) is 24.4 Å². The minimum atomic E-state index is -0.368. The number of nitrogens with zero attached hydrogens (tertiary/aromatic N) is 2. The molecular formula is C21H24ClN3O3. The van der Waals surface area contributed by atoms with Gasteiger partial charge in [-0.15, -0.1) is 10.2 Å². The summed E-state index contributed by atoms with van der Waals surface area (Å²) in [4.78, 5) is 0. The number of halogens is 1. The van der Waals surface area contributed by atoms with Crippen LogP contribution in [0.25, 0.3) is 11.3 Å². The van der Waals surface area contributed by atoms with Crippen molar-refractivity contribution >= 4 is 17.4 Å². The molecule has 2 fully saturated rings. The van der Waals surface area contributed by atoms with Crippen LogP contribution in [0.3, 0.4) is 0 Å². The van der Waals surface area contributed by atoms with E-state index in [1.54, 1.807) is 12.1 Å². The molecule has 2 bridgehead atoms. The summed E-state index contributed by atoms with van der Waals surface area (Å²) in [6.45, 7) is 0. The highest BCUT2D eigenvalue weighted by molar-refractivity contribution is 6.30. The fourth-order valence-corrected chi connectivity index (χ4v) is 4.98. The van der Waals surface area contributed by atoms with Gasteiger partial charge in [0.15, 0.2) is 5.82 Å². The van der Waals surface area contributed by atoms with Crippen molar-refractivity contribution in [2.45, 2.75) is 69.3 Å². The van der Waals surface area contributed by atoms with Gasteiger partial charge in [0.1, 0.15) is 11.4 Å². The molecule has 2 aliphatic heterocycles. The number of ether oxygens (including phenoxy) is 1. The van der Waals surface area contributed by atoms with Crippen molar-refractivity contribution in [2.75, 3.05) is 5.32 Å². The number of aromatic nitrogens is 2. The average molecular weight is 402 g/mol. The van der Waals surface area contributed by atoms with E-state index in [4.69, 9.17) is 16.3 Å². The molecule has 4 atom stereocenters. The molecule has 0 spiro atoms. The molecule has 7 heteroatoms. The largest absolute Gasteiger partial charge is 0.507 e. The van der Waals surface area contributed by atoms with E-state index in [0.29, 0.717) is 22.1 Å². The van der Waals surface area contributed by atoms with Crippen molar-refractivity contribution in [1.82, 2.24) is 10.2 Å². The molecule has 148 valence electrons. The zero-order chi connectivity index (χ0) is 19.3. The molecule has 1 saturated heterocycles. The first kappa shape index (κ1) is 18.2. The highest BCUT2D eigenvalue weighted by Crippen LogP contribution is 2.47. The Hall–Kier alpha value is -1.89. The first-order valence-electron chi connectivity index (χ1n) is 10.1. The minimum absolute atomic E-state index is 0.0129. The molecule has 28 heavy (non-hydrogen) atoms. The summed E-state index contributed by atoms with van der Waals surface area (Å²) in [6.07, 6.45) is 6.41. The molecule has 3 N–H and O–H groups in total. The number of anilines is 1. The summed E-state index contributed by atoms with van der Waals surface area (Å²) in [5, 5.41) is 33.7.